The van der Waals surface area contributed by atoms with E-state index < -0.39 is 0 Å². The summed E-state index contributed by atoms with van der Waals surface area (Å²) in [5, 5.41) is 3.10. The first-order valence-corrected chi connectivity index (χ1v) is 12.9. The molecule has 6 nitrogen and oxygen atoms in total. The van der Waals surface area contributed by atoms with Crippen molar-refractivity contribution in [1.82, 2.24) is 20.0 Å². The first-order chi connectivity index (χ1) is 17.7. The lowest BCUT2D eigenvalue weighted by Gasteiger charge is -2.39. The quantitative estimate of drug-likeness (QED) is 0.550. The van der Waals surface area contributed by atoms with Crippen LogP contribution in [0.1, 0.15) is 29.2 Å². The van der Waals surface area contributed by atoms with Crippen LogP contribution in [0.5, 0.6) is 0 Å². The van der Waals surface area contributed by atoms with Gasteiger partial charge in [0.05, 0.1) is 6.04 Å². The second-order valence-corrected chi connectivity index (χ2v) is 9.76. The maximum Gasteiger partial charge on any atom is 0.317 e. The summed E-state index contributed by atoms with van der Waals surface area (Å²) in [4.78, 5) is 31.7. The molecule has 3 aromatic carbocycles. The van der Waals surface area contributed by atoms with Crippen LogP contribution in [0, 0.1) is 5.92 Å². The zero-order chi connectivity index (χ0) is 24.7. The van der Waals surface area contributed by atoms with E-state index in [1.165, 1.54) is 11.1 Å². The topological polar surface area (TPSA) is 55.9 Å². The molecular weight excluding hydrogens is 448 g/mol. The van der Waals surface area contributed by atoms with E-state index in [1.807, 2.05) is 52.3 Å². The normalized spacial score (nSPS) is 18.6. The lowest BCUT2D eigenvalue weighted by Crippen LogP contribution is -2.53. The van der Waals surface area contributed by atoms with Crippen molar-refractivity contribution in [2.45, 2.75) is 19.0 Å². The molecule has 186 valence electrons. The van der Waals surface area contributed by atoms with Gasteiger partial charge in [-0.1, -0.05) is 91.0 Å². The van der Waals surface area contributed by atoms with Crippen LogP contribution in [0.2, 0.25) is 0 Å². The molecule has 0 radical (unpaired) electrons. The van der Waals surface area contributed by atoms with E-state index in [-0.39, 0.29) is 23.9 Å². The van der Waals surface area contributed by atoms with Crippen molar-refractivity contribution in [3.63, 3.8) is 0 Å². The molecule has 6 heteroatoms. The molecule has 3 amide bonds. The number of nitrogens with one attached hydrogen (secondary N) is 1. The van der Waals surface area contributed by atoms with Gasteiger partial charge in [-0.05, 0) is 16.7 Å². The third-order valence-electron chi connectivity index (χ3n) is 7.25. The van der Waals surface area contributed by atoms with E-state index in [4.69, 9.17) is 0 Å². The largest absolute Gasteiger partial charge is 0.338 e. The zero-order valence-corrected chi connectivity index (χ0v) is 20.6. The third kappa shape index (κ3) is 5.77. The summed E-state index contributed by atoms with van der Waals surface area (Å²) in [5.41, 5.74) is 3.68. The Morgan fingerprint density at radius 2 is 1.36 bits per heavy atom. The third-order valence-corrected chi connectivity index (χ3v) is 7.25. The van der Waals surface area contributed by atoms with E-state index >= 15 is 0 Å². The molecule has 0 aliphatic carbocycles. The number of hydrogen-bond donors (Lipinski definition) is 1. The minimum Gasteiger partial charge on any atom is -0.338 e. The molecular formula is C30H34N4O2. The van der Waals surface area contributed by atoms with Crippen molar-refractivity contribution < 1.29 is 9.59 Å². The highest BCUT2D eigenvalue weighted by Crippen LogP contribution is 2.29. The monoisotopic (exact) mass is 482 g/mol. The summed E-state index contributed by atoms with van der Waals surface area (Å²) in [6.45, 7) is 4.86. The molecule has 0 saturated carbocycles. The molecule has 5 rings (SSSR count). The van der Waals surface area contributed by atoms with Crippen LogP contribution < -0.4 is 5.32 Å². The minimum absolute atomic E-state index is 0.0282. The molecule has 2 saturated heterocycles. The van der Waals surface area contributed by atoms with Gasteiger partial charge in [0, 0.05) is 58.2 Å². The molecule has 2 heterocycles. The molecule has 0 spiro atoms. The van der Waals surface area contributed by atoms with Gasteiger partial charge in [0.25, 0.3) is 0 Å². The number of urea groups is 1. The van der Waals surface area contributed by atoms with Crippen LogP contribution in [0.3, 0.4) is 0 Å². The van der Waals surface area contributed by atoms with Crippen molar-refractivity contribution >= 4 is 11.9 Å². The summed E-state index contributed by atoms with van der Waals surface area (Å²) < 4.78 is 0. The second kappa shape index (κ2) is 11.4. The predicted molar refractivity (Wildman–Crippen MR) is 141 cm³/mol. The van der Waals surface area contributed by atoms with Gasteiger partial charge in [-0.3, -0.25) is 9.69 Å². The predicted octanol–water partition coefficient (Wildman–Crippen LogP) is 4.15. The maximum atomic E-state index is 12.9. The first kappa shape index (κ1) is 24.1. The minimum atomic E-state index is -0.0282. The fourth-order valence-corrected chi connectivity index (χ4v) is 5.36. The maximum absolute atomic E-state index is 12.9. The number of hydrogen-bond acceptors (Lipinski definition) is 3. The highest BCUT2D eigenvalue weighted by molar-refractivity contribution is 5.79. The number of rotatable bonds is 7. The summed E-state index contributed by atoms with van der Waals surface area (Å²) in [6.07, 6.45) is 0.497. The molecule has 0 bridgehead atoms. The number of carbonyl (C=O) groups is 2. The second-order valence-electron chi connectivity index (χ2n) is 9.76. The fraction of sp³-hybridized carbons (Fsp3) is 0.333. The van der Waals surface area contributed by atoms with Gasteiger partial charge in [-0.15, -0.1) is 0 Å². The molecule has 1 N–H and O–H groups in total. The van der Waals surface area contributed by atoms with Gasteiger partial charge in [0.1, 0.15) is 0 Å². The Labute approximate surface area is 213 Å². The smallest absolute Gasteiger partial charge is 0.317 e. The molecule has 1 atom stereocenters. The van der Waals surface area contributed by atoms with E-state index in [0.717, 1.165) is 18.7 Å². The van der Waals surface area contributed by atoms with Crippen molar-refractivity contribution in [2.24, 2.45) is 5.92 Å². The van der Waals surface area contributed by atoms with Crippen molar-refractivity contribution in [1.29, 1.82) is 0 Å². The van der Waals surface area contributed by atoms with Gasteiger partial charge in [-0.25, -0.2) is 4.79 Å². The number of benzene rings is 3. The van der Waals surface area contributed by atoms with Crippen molar-refractivity contribution in [3.05, 3.63) is 108 Å². The molecule has 0 aromatic heterocycles. The number of likely N-dealkylation sites (tertiary alicyclic amines) is 1. The lowest BCUT2D eigenvalue weighted by atomic mass is 9.96. The summed E-state index contributed by atoms with van der Waals surface area (Å²) in [6, 6.07) is 31.4. The van der Waals surface area contributed by atoms with E-state index in [2.05, 4.69) is 58.7 Å². The van der Waals surface area contributed by atoms with Crippen molar-refractivity contribution in [2.75, 3.05) is 39.3 Å². The molecule has 2 aliphatic rings. The van der Waals surface area contributed by atoms with Gasteiger partial charge < -0.3 is 15.1 Å². The average molecular weight is 483 g/mol. The number of piperazine rings is 1. The Morgan fingerprint density at radius 3 is 1.94 bits per heavy atom. The molecule has 2 fully saturated rings. The molecule has 0 unspecified atom stereocenters. The van der Waals surface area contributed by atoms with Gasteiger partial charge in [0.15, 0.2) is 0 Å². The van der Waals surface area contributed by atoms with Gasteiger partial charge >= 0.3 is 6.03 Å². The Hall–Kier alpha value is -3.64. The van der Waals surface area contributed by atoms with E-state index in [0.29, 0.717) is 39.1 Å². The summed E-state index contributed by atoms with van der Waals surface area (Å²) >= 11 is 0. The van der Waals surface area contributed by atoms with Crippen molar-refractivity contribution in [3.8, 4) is 0 Å². The standard InChI is InChI=1S/C30H34N4O2/c35-28-20-25(23-34(28)22-24-10-4-1-5-11-24)21-31-30(36)33-18-16-32(17-19-33)29(26-12-6-2-7-13-26)27-14-8-3-9-15-27/h1-15,25,29H,16-23H2,(H,31,36)/t25-/m1/s1. The lowest BCUT2D eigenvalue weighted by molar-refractivity contribution is -0.128. The number of carbonyl (C=O) groups excluding carboxylic acids is 2. The average Bonchev–Trinajstić information content (AvgIpc) is 3.28. The SMILES string of the molecule is O=C1C[C@H](CNC(=O)N2CCN(C(c3ccccc3)c3ccccc3)CC2)CN1Cc1ccccc1. The van der Waals surface area contributed by atoms with Crippen LogP contribution in [0.25, 0.3) is 0 Å². The van der Waals surface area contributed by atoms with Gasteiger partial charge in [-0.2, -0.15) is 0 Å². The zero-order valence-electron chi connectivity index (χ0n) is 20.6. The highest BCUT2D eigenvalue weighted by atomic mass is 16.2. The first-order valence-electron chi connectivity index (χ1n) is 12.9. The van der Waals surface area contributed by atoms with Gasteiger partial charge in [0.2, 0.25) is 5.91 Å². The molecule has 2 aliphatic heterocycles. The Balaban J connectivity index is 1.12. The molecule has 36 heavy (non-hydrogen) atoms. The molecule has 3 aromatic rings. The van der Waals surface area contributed by atoms with E-state index in [1.54, 1.807) is 0 Å². The number of amides is 3. The summed E-state index contributed by atoms with van der Waals surface area (Å²) in [5.74, 6) is 0.326. The van der Waals surface area contributed by atoms with Crippen LogP contribution >= 0.6 is 0 Å². The van der Waals surface area contributed by atoms with Crippen LogP contribution in [-0.2, 0) is 11.3 Å². The number of nitrogens with zero attached hydrogens (tertiary/aromatic N) is 3. The Bertz CT molecular complexity index is 1090. The highest BCUT2D eigenvalue weighted by Gasteiger charge is 2.31. The van der Waals surface area contributed by atoms with Crippen LogP contribution in [0.4, 0.5) is 4.79 Å². The van der Waals surface area contributed by atoms with E-state index in [9.17, 15) is 9.59 Å². The van der Waals surface area contributed by atoms with Crippen LogP contribution in [0.15, 0.2) is 91.0 Å². The van der Waals surface area contributed by atoms with Crippen LogP contribution in [-0.4, -0.2) is 65.9 Å². The Kier molecular flexibility index (Phi) is 7.62. The Morgan fingerprint density at radius 1 is 0.806 bits per heavy atom. The fourth-order valence-electron chi connectivity index (χ4n) is 5.36. The summed E-state index contributed by atoms with van der Waals surface area (Å²) in [7, 11) is 0.